The molecule has 0 aliphatic heterocycles. The number of anilines is 1. The van der Waals surface area contributed by atoms with Gasteiger partial charge in [-0.25, -0.2) is 4.79 Å². The lowest BCUT2D eigenvalue weighted by Gasteiger charge is -2.07. The van der Waals surface area contributed by atoms with Crippen LogP contribution in [0.2, 0.25) is 5.02 Å². The van der Waals surface area contributed by atoms with E-state index in [2.05, 4.69) is 21.2 Å². The van der Waals surface area contributed by atoms with Crippen molar-refractivity contribution in [2.75, 3.05) is 11.9 Å². The van der Waals surface area contributed by atoms with E-state index >= 15 is 0 Å². The van der Waals surface area contributed by atoms with Gasteiger partial charge in [0.25, 0.3) is 11.6 Å². The second-order valence-corrected chi connectivity index (χ2v) is 6.95. The summed E-state index contributed by atoms with van der Waals surface area (Å²) in [5, 5.41) is 13.7. The molecule has 8 nitrogen and oxygen atoms in total. The number of nitrogens with one attached hydrogen (secondary N) is 1. The second kappa shape index (κ2) is 8.89. The Morgan fingerprint density at radius 1 is 1.17 bits per heavy atom. The lowest BCUT2D eigenvalue weighted by atomic mass is 10.2. The number of carbonyl (C=O) groups excluding carboxylic acids is 2. The maximum Gasteiger partial charge on any atom is 0.374 e. The quantitative estimate of drug-likeness (QED) is 0.300. The average Bonchev–Trinajstić information content (AvgIpc) is 3.18. The van der Waals surface area contributed by atoms with E-state index in [4.69, 9.17) is 20.8 Å². The van der Waals surface area contributed by atoms with Crippen LogP contribution in [-0.2, 0) is 9.53 Å². The summed E-state index contributed by atoms with van der Waals surface area (Å²) in [7, 11) is 0. The molecule has 2 aromatic carbocycles. The molecule has 0 saturated heterocycles. The number of nitro benzene ring substituents is 1. The molecule has 29 heavy (non-hydrogen) atoms. The van der Waals surface area contributed by atoms with Crippen molar-refractivity contribution in [2.45, 2.75) is 0 Å². The first kappa shape index (κ1) is 20.6. The molecule has 10 heteroatoms. The van der Waals surface area contributed by atoms with Gasteiger partial charge in [-0.1, -0.05) is 23.7 Å². The number of nitro groups is 1. The van der Waals surface area contributed by atoms with Gasteiger partial charge in [-0.05, 0) is 46.3 Å². The minimum atomic E-state index is -0.818. The molecule has 1 amide bonds. The first-order chi connectivity index (χ1) is 13.8. The van der Waals surface area contributed by atoms with Gasteiger partial charge in [-0.2, -0.15) is 0 Å². The first-order valence-corrected chi connectivity index (χ1v) is 9.28. The van der Waals surface area contributed by atoms with Crippen LogP contribution in [0.5, 0.6) is 0 Å². The van der Waals surface area contributed by atoms with E-state index in [1.54, 1.807) is 30.3 Å². The highest BCUT2D eigenvalue weighted by Gasteiger charge is 2.17. The molecule has 0 aliphatic carbocycles. The minimum Gasteiger partial charge on any atom is -0.450 e. The summed E-state index contributed by atoms with van der Waals surface area (Å²) in [5.74, 6) is -1.13. The van der Waals surface area contributed by atoms with Crippen molar-refractivity contribution in [1.29, 1.82) is 0 Å². The number of rotatable bonds is 6. The predicted octanol–water partition coefficient (Wildman–Crippen LogP) is 5.07. The van der Waals surface area contributed by atoms with Crippen LogP contribution < -0.4 is 5.32 Å². The summed E-state index contributed by atoms with van der Waals surface area (Å²) < 4.78 is 10.7. The minimum absolute atomic E-state index is 0.0794. The Bertz CT molecular complexity index is 1100. The molecule has 0 aliphatic rings. The molecule has 3 rings (SSSR count). The normalized spacial score (nSPS) is 10.4. The van der Waals surface area contributed by atoms with Crippen LogP contribution in [-0.4, -0.2) is 23.4 Å². The Labute approximate surface area is 177 Å². The van der Waals surface area contributed by atoms with Gasteiger partial charge in [0.15, 0.2) is 6.61 Å². The highest BCUT2D eigenvalue weighted by atomic mass is 79.9. The zero-order valence-electron chi connectivity index (χ0n) is 14.6. The highest BCUT2D eigenvalue weighted by molar-refractivity contribution is 9.10. The largest absolute Gasteiger partial charge is 0.450 e. The average molecular weight is 480 g/mol. The third kappa shape index (κ3) is 5.01. The summed E-state index contributed by atoms with van der Waals surface area (Å²) in [5.41, 5.74) is 0.790. The SMILES string of the molecule is O=C(COC(=O)c1ccc(-c2ccccc2Cl)o1)Nc1ccc([N+](=O)[O-])cc1Br. The molecule has 0 saturated carbocycles. The molecule has 0 spiro atoms. The molecular weight excluding hydrogens is 468 g/mol. The molecule has 0 bridgehead atoms. The number of furan rings is 1. The van der Waals surface area contributed by atoms with Gasteiger partial charge < -0.3 is 14.5 Å². The molecule has 0 radical (unpaired) electrons. The zero-order chi connectivity index (χ0) is 21.0. The molecular formula is C19H12BrClN2O6. The highest BCUT2D eigenvalue weighted by Crippen LogP contribution is 2.29. The Kier molecular flexibility index (Phi) is 6.30. The zero-order valence-corrected chi connectivity index (χ0v) is 16.9. The standard InChI is InChI=1S/C19H12BrClN2O6/c20-13-9-11(23(26)27)5-6-15(13)22-18(24)10-28-19(25)17-8-7-16(29-17)12-3-1-2-4-14(12)21/h1-9H,10H2,(H,22,24). The van der Waals surface area contributed by atoms with E-state index < -0.39 is 23.4 Å². The van der Waals surface area contributed by atoms with Crippen molar-refractivity contribution in [2.24, 2.45) is 0 Å². The number of esters is 1. The van der Waals surface area contributed by atoms with Crippen molar-refractivity contribution >= 4 is 50.8 Å². The number of non-ortho nitro benzene ring substituents is 1. The van der Waals surface area contributed by atoms with Gasteiger partial charge in [0.2, 0.25) is 5.76 Å². The molecule has 1 aromatic heterocycles. The van der Waals surface area contributed by atoms with Gasteiger partial charge in [0.05, 0.1) is 15.6 Å². The summed E-state index contributed by atoms with van der Waals surface area (Å²) in [6.45, 7) is -0.565. The number of ether oxygens (including phenoxy) is 1. The molecule has 3 aromatic rings. The van der Waals surface area contributed by atoms with Crippen molar-refractivity contribution in [1.82, 2.24) is 0 Å². The van der Waals surface area contributed by atoms with E-state index in [-0.39, 0.29) is 11.4 Å². The molecule has 148 valence electrons. The number of hydrogen-bond donors (Lipinski definition) is 1. The van der Waals surface area contributed by atoms with Crippen molar-refractivity contribution in [3.63, 3.8) is 0 Å². The predicted molar refractivity (Wildman–Crippen MR) is 109 cm³/mol. The van der Waals surface area contributed by atoms with Gasteiger partial charge in [-0.15, -0.1) is 0 Å². The topological polar surface area (TPSA) is 112 Å². The van der Waals surface area contributed by atoms with Crippen molar-refractivity contribution < 1.29 is 23.7 Å². The van der Waals surface area contributed by atoms with Crippen molar-refractivity contribution in [3.8, 4) is 11.3 Å². The molecule has 1 heterocycles. The van der Waals surface area contributed by atoms with Crippen LogP contribution in [0.1, 0.15) is 10.6 Å². The van der Waals surface area contributed by atoms with Crippen LogP contribution in [0.15, 0.2) is 63.5 Å². The lowest BCUT2D eigenvalue weighted by molar-refractivity contribution is -0.384. The number of hydrogen-bond acceptors (Lipinski definition) is 6. The van der Waals surface area contributed by atoms with Crippen LogP contribution in [0.4, 0.5) is 11.4 Å². The summed E-state index contributed by atoms with van der Waals surface area (Å²) in [6, 6.07) is 13.8. The fraction of sp³-hybridized carbons (Fsp3) is 0.0526. The third-order valence-electron chi connectivity index (χ3n) is 3.72. The summed E-state index contributed by atoms with van der Waals surface area (Å²) >= 11 is 9.24. The van der Waals surface area contributed by atoms with E-state index in [1.165, 1.54) is 24.3 Å². The van der Waals surface area contributed by atoms with Gasteiger partial charge in [-0.3, -0.25) is 14.9 Å². The number of amides is 1. The Balaban J connectivity index is 1.59. The molecule has 0 unspecified atom stereocenters. The Morgan fingerprint density at radius 2 is 1.93 bits per heavy atom. The van der Waals surface area contributed by atoms with Gasteiger partial charge in [0.1, 0.15) is 5.76 Å². The smallest absolute Gasteiger partial charge is 0.374 e. The van der Waals surface area contributed by atoms with Crippen LogP contribution in [0.25, 0.3) is 11.3 Å². The fourth-order valence-electron chi connectivity index (χ4n) is 2.36. The monoisotopic (exact) mass is 478 g/mol. The fourth-order valence-corrected chi connectivity index (χ4v) is 3.06. The first-order valence-electron chi connectivity index (χ1n) is 8.11. The third-order valence-corrected chi connectivity index (χ3v) is 4.70. The maximum atomic E-state index is 12.1. The van der Waals surface area contributed by atoms with E-state index in [0.29, 0.717) is 26.5 Å². The van der Waals surface area contributed by atoms with E-state index in [1.807, 2.05) is 0 Å². The Morgan fingerprint density at radius 3 is 2.62 bits per heavy atom. The second-order valence-electron chi connectivity index (χ2n) is 5.69. The van der Waals surface area contributed by atoms with Crippen LogP contribution >= 0.6 is 27.5 Å². The summed E-state index contributed by atoms with van der Waals surface area (Å²) in [6.07, 6.45) is 0. The summed E-state index contributed by atoms with van der Waals surface area (Å²) in [4.78, 5) is 34.3. The maximum absolute atomic E-state index is 12.1. The molecule has 0 fully saturated rings. The number of benzene rings is 2. The number of carbonyl (C=O) groups is 2. The Hall–Kier alpha value is -3.17. The lowest BCUT2D eigenvalue weighted by Crippen LogP contribution is -2.21. The van der Waals surface area contributed by atoms with Gasteiger partial charge >= 0.3 is 5.97 Å². The number of nitrogens with zero attached hydrogens (tertiary/aromatic N) is 1. The molecule has 0 atom stereocenters. The molecule has 1 N–H and O–H groups in total. The van der Waals surface area contributed by atoms with E-state index in [9.17, 15) is 19.7 Å². The van der Waals surface area contributed by atoms with Crippen LogP contribution in [0.3, 0.4) is 0 Å². The van der Waals surface area contributed by atoms with Crippen molar-refractivity contribution in [3.05, 3.63) is 80.0 Å². The van der Waals surface area contributed by atoms with Crippen LogP contribution in [0, 0.1) is 10.1 Å². The van der Waals surface area contributed by atoms with Gasteiger partial charge in [0, 0.05) is 22.2 Å². The number of halogens is 2. The van der Waals surface area contributed by atoms with E-state index in [0.717, 1.165) is 0 Å².